The molecule has 1 atom stereocenters. The Morgan fingerprint density at radius 2 is 1.59 bits per heavy atom. The number of hydrogen-bond donors (Lipinski definition) is 0. The Labute approximate surface area is 165 Å². The first kappa shape index (κ1) is 21.9. The molecule has 1 fully saturated rings. The van der Waals surface area contributed by atoms with Gasteiger partial charge in [-0.25, -0.2) is 0 Å². The minimum Gasteiger partial charge on any atom is -0.482 e. The van der Waals surface area contributed by atoms with Crippen molar-refractivity contribution in [3.8, 4) is 5.75 Å². The lowest BCUT2D eigenvalue weighted by Crippen LogP contribution is -2.57. The van der Waals surface area contributed by atoms with Crippen molar-refractivity contribution in [1.29, 1.82) is 0 Å². The van der Waals surface area contributed by atoms with Crippen molar-refractivity contribution in [2.45, 2.75) is 26.3 Å². The molecule has 1 unspecified atom stereocenters. The summed E-state index contributed by atoms with van der Waals surface area (Å²) in [6, 6.07) is 0.723. The quantitative estimate of drug-likeness (QED) is 0.435. The Bertz CT molecular complexity index is 795. The summed E-state index contributed by atoms with van der Waals surface area (Å²) in [7, 11) is 0. The number of non-ortho nitro benzene ring substituents is 1. The number of carbonyl (C=O) groups is 1. The molecule has 0 aromatic heterocycles. The molecule has 1 saturated heterocycles. The number of benzene rings is 1. The summed E-state index contributed by atoms with van der Waals surface area (Å²) in [6.45, 7) is 5.98. The van der Waals surface area contributed by atoms with E-state index in [-0.39, 0.29) is 18.9 Å². The van der Waals surface area contributed by atoms with E-state index in [2.05, 4.69) is 0 Å². The van der Waals surface area contributed by atoms with Crippen LogP contribution in [0.4, 0.5) is 17.1 Å². The minimum absolute atomic E-state index is 0.100. The molecular weight excluding hydrogens is 390 g/mol. The number of likely N-dealkylation sites (N-methyl/N-ethyl adjacent to an activating group) is 2. The number of hydrogen-bond acceptors (Lipinski definition) is 9. The molecule has 13 heteroatoms. The van der Waals surface area contributed by atoms with E-state index in [0.29, 0.717) is 38.3 Å². The number of ether oxygens (including phenoxy) is 1. The zero-order chi connectivity index (χ0) is 21.7. The highest BCUT2D eigenvalue weighted by molar-refractivity contribution is 5.82. The Hall–Kier alpha value is -3.35. The molecule has 1 amide bonds. The van der Waals surface area contributed by atoms with E-state index in [1.807, 2.05) is 18.7 Å². The number of amides is 1. The van der Waals surface area contributed by atoms with Gasteiger partial charge < -0.3 is 9.64 Å². The molecule has 1 heterocycles. The Morgan fingerprint density at radius 1 is 1.00 bits per heavy atom. The maximum atomic E-state index is 12.6. The fourth-order valence-electron chi connectivity index (χ4n) is 3.26. The molecule has 1 aliphatic rings. The second-order valence-electron chi connectivity index (χ2n) is 6.28. The highest BCUT2D eigenvalue weighted by Gasteiger charge is 2.35. The predicted octanol–water partition coefficient (Wildman–Crippen LogP) is 1.73. The van der Waals surface area contributed by atoms with Gasteiger partial charge in [-0.15, -0.1) is 0 Å². The summed E-state index contributed by atoms with van der Waals surface area (Å²) in [5, 5.41) is 33.5. The minimum atomic E-state index is -0.974. The molecule has 158 valence electrons. The van der Waals surface area contributed by atoms with Crippen LogP contribution in [-0.4, -0.2) is 69.3 Å². The summed E-state index contributed by atoms with van der Waals surface area (Å²) in [6.07, 6.45) is 0.161. The van der Waals surface area contributed by atoms with Crippen molar-refractivity contribution in [1.82, 2.24) is 9.80 Å². The third-order valence-corrected chi connectivity index (χ3v) is 4.76. The van der Waals surface area contributed by atoms with Gasteiger partial charge in [0.05, 0.1) is 39.6 Å². The largest absolute Gasteiger partial charge is 0.482 e. The zero-order valence-electron chi connectivity index (χ0n) is 16.0. The van der Waals surface area contributed by atoms with Crippen LogP contribution in [0.1, 0.15) is 20.3 Å². The highest BCUT2D eigenvalue weighted by Crippen LogP contribution is 2.40. The van der Waals surface area contributed by atoms with Gasteiger partial charge in [-0.05, 0) is 13.5 Å². The van der Waals surface area contributed by atoms with Crippen LogP contribution in [0.15, 0.2) is 12.1 Å². The fraction of sp³-hybridized carbons (Fsp3) is 0.562. The van der Waals surface area contributed by atoms with Crippen molar-refractivity contribution in [3.63, 3.8) is 0 Å². The van der Waals surface area contributed by atoms with Gasteiger partial charge in [-0.2, -0.15) is 0 Å². The second-order valence-corrected chi connectivity index (χ2v) is 6.28. The first-order valence-electron chi connectivity index (χ1n) is 8.98. The molecular formula is C16H21N5O8. The molecule has 13 nitrogen and oxygen atoms in total. The summed E-state index contributed by atoms with van der Waals surface area (Å²) in [4.78, 5) is 46.8. The van der Waals surface area contributed by atoms with Crippen molar-refractivity contribution in [3.05, 3.63) is 42.5 Å². The highest BCUT2D eigenvalue weighted by atomic mass is 16.6. The lowest BCUT2D eigenvalue weighted by atomic mass is 10.1. The first-order valence-corrected chi connectivity index (χ1v) is 8.98. The van der Waals surface area contributed by atoms with Gasteiger partial charge in [-0.1, -0.05) is 6.92 Å². The Kier molecular flexibility index (Phi) is 6.98. The molecule has 0 aliphatic carbocycles. The molecule has 1 aromatic carbocycles. The average molecular weight is 411 g/mol. The van der Waals surface area contributed by atoms with Gasteiger partial charge in [0.2, 0.25) is 5.91 Å². The smallest absolute Gasteiger partial charge is 0.325 e. The van der Waals surface area contributed by atoms with Gasteiger partial charge in [0, 0.05) is 26.1 Å². The third-order valence-electron chi connectivity index (χ3n) is 4.76. The van der Waals surface area contributed by atoms with E-state index in [0.717, 1.165) is 0 Å². The predicted molar refractivity (Wildman–Crippen MR) is 99.8 cm³/mol. The maximum Gasteiger partial charge on any atom is 0.325 e. The van der Waals surface area contributed by atoms with Crippen LogP contribution >= 0.6 is 0 Å². The Morgan fingerprint density at radius 3 is 2.03 bits per heavy atom. The Balaban J connectivity index is 2.27. The number of nitro groups is 3. The monoisotopic (exact) mass is 411 g/mol. The molecule has 0 radical (unpaired) electrons. The van der Waals surface area contributed by atoms with Crippen LogP contribution in [0, 0.1) is 30.3 Å². The van der Waals surface area contributed by atoms with Gasteiger partial charge in [-0.3, -0.25) is 40.0 Å². The van der Waals surface area contributed by atoms with Crippen LogP contribution in [0.5, 0.6) is 5.75 Å². The van der Waals surface area contributed by atoms with Crippen LogP contribution < -0.4 is 4.74 Å². The van der Waals surface area contributed by atoms with Crippen LogP contribution in [0.2, 0.25) is 0 Å². The van der Waals surface area contributed by atoms with Crippen molar-refractivity contribution < 1.29 is 24.3 Å². The van der Waals surface area contributed by atoms with E-state index >= 15 is 0 Å². The normalized spacial score (nSPS) is 17.2. The van der Waals surface area contributed by atoms with E-state index in [1.54, 1.807) is 4.90 Å². The third kappa shape index (κ3) is 4.74. The first-order chi connectivity index (χ1) is 13.7. The van der Waals surface area contributed by atoms with Crippen LogP contribution in [-0.2, 0) is 4.79 Å². The number of rotatable bonds is 9. The van der Waals surface area contributed by atoms with Crippen molar-refractivity contribution in [2.75, 3.05) is 32.8 Å². The van der Waals surface area contributed by atoms with E-state index < -0.39 is 43.6 Å². The molecule has 0 saturated carbocycles. The summed E-state index contributed by atoms with van der Waals surface area (Å²) in [5.41, 5.74) is -2.53. The number of piperazine rings is 1. The molecule has 0 spiro atoms. The van der Waals surface area contributed by atoms with E-state index in [1.165, 1.54) is 0 Å². The summed E-state index contributed by atoms with van der Waals surface area (Å²) in [5.74, 6) is -0.763. The lowest BCUT2D eigenvalue weighted by Gasteiger charge is -2.39. The van der Waals surface area contributed by atoms with Gasteiger partial charge in [0.25, 0.3) is 11.4 Å². The van der Waals surface area contributed by atoms with Crippen LogP contribution in [0.3, 0.4) is 0 Å². The summed E-state index contributed by atoms with van der Waals surface area (Å²) < 4.78 is 5.34. The topological polar surface area (TPSA) is 162 Å². The lowest BCUT2D eigenvalue weighted by molar-refractivity contribution is -0.404. The van der Waals surface area contributed by atoms with Gasteiger partial charge in [0.15, 0.2) is 0 Å². The fourth-order valence-corrected chi connectivity index (χ4v) is 3.26. The number of carbonyl (C=O) groups excluding carboxylic acids is 1. The summed E-state index contributed by atoms with van der Waals surface area (Å²) >= 11 is 0. The maximum absolute atomic E-state index is 12.6. The standard InChI is InChI=1S/C16H21N5O8/c1-3-17-6-7-18(4-2)16(22)12(17)5-8-29-15-13(20(25)26)9-11(19(23)24)10-14(15)21(27)28/h9-10,12H,3-8H2,1-2H3. The second kappa shape index (κ2) is 9.23. The van der Waals surface area contributed by atoms with Gasteiger partial charge >= 0.3 is 11.4 Å². The number of nitro benzene ring substituents is 3. The molecule has 1 aliphatic heterocycles. The zero-order valence-corrected chi connectivity index (χ0v) is 16.0. The van der Waals surface area contributed by atoms with E-state index in [9.17, 15) is 35.1 Å². The SMILES string of the molecule is CCN1CCN(CC)C(CCOc2c([N+](=O)[O-])cc([N+](=O)[O-])cc2[N+](=O)[O-])C1=O. The van der Waals surface area contributed by atoms with Crippen molar-refractivity contribution in [2.24, 2.45) is 0 Å². The molecule has 0 bridgehead atoms. The molecule has 0 N–H and O–H groups in total. The number of nitrogens with zero attached hydrogens (tertiary/aromatic N) is 5. The van der Waals surface area contributed by atoms with Gasteiger partial charge in [0.1, 0.15) is 0 Å². The van der Waals surface area contributed by atoms with E-state index in [4.69, 9.17) is 4.74 Å². The molecule has 2 rings (SSSR count). The average Bonchev–Trinajstić information content (AvgIpc) is 2.68. The molecule has 1 aromatic rings. The molecule has 29 heavy (non-hydrogen) atoms. The van der Waals surface area contributed by atoms with Crippen molar-refractivity contribution >= 4 is 23.0 Å². The van der Waals surface area contributed by atoms with Crippen LogP contribution in [0.25, 0.3) is 0 Å².